The fraction of sp³-hybridized carbons (Fsp3) is 0.211. The summed E-state index contributed by atoms with van der Waals surface area (Å²) in [6, 6.07) is 7.56. The highest BCUT2D eigenvalue weighted by Crippen LogP contribution is 2.25. The maximum Gasteiger partial charge on any atom is 0.437 e. The number of rotatable bonds is 8. The summed E-state index contributed by atoms with van der Waals surface area (Å²) in [6.45, 7) is -1.67. The SMILES string of the molecule is Cc1nc(-c2cc(-c3nn(CC(=O)NCc4ccccc4OC(F)F)c(=O)o3)no2)cs1. The minimum atomic E-state index is -2.99. The summed E-state index contributed by atoms with van der Waals surface area (Å²) in [5.41, 5.74) is 1.10. The first-order chi connectivity index (χ1) is 15.4. The second kappa shape index (κ2) is 9.09. The normalized spacial score (nSPS) is 11.1. The number of nitrogens with one attached hydrogen (secondary N) is 1. The monoisotopic (exact) mass is 463 g/mol. The van der Waals surface area contributed by atoms with Crippen LogP contribution in [-0.2, 0) is 17.9 Å². The molecule has 4 aromatic rings. The van der Waals surface area contributed by atoms with Crippen LogP contribution in [0.25, 0.3) is 23.0 Å². The van der Waals surface area contributed by atoms with E-state index in [9.17, 15) is 18.4 Å². The zero-order valence-electron chi connectivity index (χ0n) is 16.4. The third-order valence-corrected chi connectivity index (χ3v) is 4.94. The van der Waals surface area contributed by atoms with Crippen molar-refractivity contribution in [3.63, 3.8) is 0 Å². The van der Waals surface area contributed by atoms with Gasteiger partial charge in [0.05, 0.1) is 5.01 Å². The molecule has 0 unspecified atom stereocenters. The standard InChI is InChI=1S/C19H15F2N5O5S/c1-10-23-13(9-32-10)15-6-12(25-31-15)17-24-26(19(28)30-17)8-16(27)22-7-11-4-2-3-5-14(11)29-18(20)21/h2-6,9,18H,7-8H2,1H3,(H,22,27). The Morgan fingerprint density at radius 2 is 2.12 bits per heavy atom. The van der Waals surface area contributed by atoms with Gasteiger partial charge in [-0.1, -0.05) is 23.4 Å². The van der Waals surface area contributed by atoms with Crippen LogP contribution in [-0.4, -0.2) is 32.4 Å². The molecule has 0 saturated carbocycles. The number of thiazole rings is 1. The highest BCUT2D eigenvalue weighted by atomic mass is 32.1. The van der Waals surface area contributed by atoms with E-state index in [1.807, 2.05) is 6.92 Å². The largest absolute Gasteiger partial charge is 0.437 e. The maximum absolute atomic E-state index is 12.5. The number of aryl methyl sites for hydroxylation is 1. The molecule has 166 valence electrons. The lowest BCUT2D eigenvalue weighted by Gasteiger charge is -2.11. The Bertz CT molecular complexity index is 1300. The number of alkyl halides is 2. The molecule has 13 heteroatoms. The van der Waals surface area contributed by atoms with Crippen molar-refractivity contribution in [1.29, 1.82) is 0 Å². The summed E-state index contributed by atoms with van der Waals surface area (Å²) >= 11 is 1.44. The quantitative estimate of drug-likeness (QED) is 0.423. The molecule has 0 aliphatic heterocycles. The fourth-order valence-electron chi connectivity index (χ4n) is 2.73. The molecule has 0 aliphatic rings. The van der Waals surface area contributed by atoms with Gasteiger partial charge in [-0.2, -0.15) is 13.5 Å². The Morgan fingerprint density at radius 1 is 1.31 bits per heavy atom. The van der Waals surface area contributed by atoms with Crippen LogP contribution in [0.15, 0.2) is 49.4 Å². The smallest absolute Gasteiger partial charge is 0.434 e. The molecule has 0 saturated heterocycles. The van der Waals surface area contributed by atoms with Gasteiger partial charge in [0.1, 0.15) is 18.0 Å². The average molecular weight is 463 g/mol. The molecule has 10 nitrogen and oxygen atoms in total. The van der Waals surface area contributed by atoms with Crippen molar-refractivity contribution < 1.29 is 27.3 Å². The molecule has 4 rings (SSSR count). The molecule has 1 amide bonds. The molecule has 0 bridgehead atoms. The van der Waals surface area contributed by atoms with Gasteiger partial charge in [-0.25, -0.2) is 9.78 Å². The summed E-state index contributed by atoms with van der Waals surface area (Å²) < 4.78 is 40.5. The molecule has 1 N–H and O–H groups in total. The minimum Gasteiger partial charge on any atom is -0.434 e. The summed E-state index contributed by atoms with van der Waals surface area (Å²) in [6.07, 6.45) is 0. The number of para-hydroxylation sites is 1. The maximum atomic E-state index is 12.5. The van der Waals surface area contributed by atoms with Crippen molar-refractivity contribution >= 4 is 17.2 Å². The van der Waals surface area contributed by atoms with Gasteiger partial charge < -0.3 is 19.0 Å². The number of aromatic nitrogens is 4. The van der Waals surface area contributed by atoms with Crippen LogP contribution in [0, 0.1) is 6.92 Å². The van der Waals surface area contributed by atoms with Crippen LogP contribution in [0.1, 0.15) is 10.6 Å². The number of halogens is 2. The van der Waals surface area contributed by atoms with Crippen molar-refractivity contribution in [2.24, 2.45) is 0 Å². The lowest BCUT2D eigenvalue weighted by Crippen LogP contribution is -2.31. The van der Waals surface area contributed by atoms with Crippen LogP contribution in [0.4, 0.5) is 8.78 Å². The van der Waals surface area contributed by atoms with Gasteiger partial charge in [0, 0.05) is 23.6 Å². The molecule has 0 spiro atoms. The number of carbonyl (C=O) groups excluding carboxylic acids is 1. The predicted octanol–water partition coefficient (Wildman–Crippen LogP) is 2.84. The number of carbonyl (C=O) groups is 1. The van der Waals surface area contributed by atoms with Crippen molar-refractivity contribution in [2.75, 3.05) is 0 Å². The molecular weight excluding hydrogens is 448 g/mol. The molecule has 0 fully saturated rings. The number of benzene rings is 1. The number of ether oxygens (including phenoxy) is 1. The first kappa shape index (κ1) is 21.4. The van der Waals surface area contributed by atoms with Gasteiger partial charge in [0.25, 0.3) is 5.89 Å². The number of nitrogens with zero attached hydrogens (tertiary/aromatic N) is 4. The van der Waals surface area contributed by atoms with Crippen LogP contribution < -0.4 is 15.8 Å². The average Bonchev–Trinajstić information content (AvgIpc) is 3.47. The lowest BCUT2D eigenvalue weighted by molar-refractivity contribution is -0.122. The van der Waals surface area contributed by atoms with Crippen molar-refractivity contribution in [2.45, 2.75) is 26.6 Å². The zero-order valence-corrected chi connectivity index (χ0v) is 17.3. The van der Waals surface area contributed by atoms with E-state index in [0.717, 1.165) is 9.69 Å². The highest BCUT2D eigenvalue weighted by molar-refractivity contribution is 7.09. The van der Waals surface area contributed by atoms with Crippen molar-refractivity contribution in [3.05, 3.63) is 56.8 Å². The van der Waals surface area contributed by atoms with E-state index in [-0.39, 0.29) is 23.9 Å². The van der Waals surface area contributed by atoms with Crippen molar-refractivity contribution in [1.82, 2.24) is 25.2 Å². The molecule has 3 aromatic heterocycles. The van der Waals surface area contributed by atoms with Crippen molar-refractivity contribution in [3.8, 4) is 28.8 Å². The van der Waals surface area contributed by atoms with E-state index in [4.69, 9.17) is 8.94 Å². The van der Waals surface area contributed by atoms with Gasteiger partial charge >= 0.3 is 12.4 Å². The van der Waals surface area contributed by atoms with Crippen LogP contribution in [0.5, 0.6) is 5.75 Å². The highest BCUT2D eigenvalue weighted by Gasteiger charge is 2.18. The Balaban J connectivity index is 1.41. The molecule has 0 aliphatic carbocycles. The lowest BCUT2D eigenvalue weighted by atomic mass is 10.2. The molecule has 32 heavy (non-hydrogen) atoms. The van der Waals surface area contributed by atoms with Gasteiger partial charge in [-0.05, 0) is 13.0 Å². The number of amides is 1. The van der Waals surface area contributed by atoms with Gasteiger partial charge in [0.15, 0.2) is 11.5 Å². The van der Waals surface area contributed by atoms with Gasteiger partial charge in [0.2, 0.25) is 5.91 Å². The molecule has 0 radical (unpaired) electrons. The third kappa shape index (κ3) is 4.88. The van der Waals surface area contributed by atoms with Gasteiger partial charge in [-0.3, -0.25) is 4.79 Å². The molecule has 3 heterocycles. The predicted molar refractivity (Wildman–Crippen MR) is 107 cm³/mol. The molecule has 1 aromatic carbocycles. The fourth-order valence-corrected chi connectivity index (χ4v) is 3.33. The van der Waals surface area contributed by atoms with Gasteiger partial charge in [-0.15, -0.1) is 16.4 Å². The summed E-state index contributed by atoms with van der Waals surface area (Å²) in [4.78, 5) is 28.6. The van der Waals surface area contributed by atoms with E-state index in [1.165, 1.54) is 35.6 Å². The topological polar surface area (TPSA) is 125 Å². The molecule has 0 atom stereocenters. The van der Waals surface area contributed by atoms with E-state index >= 15 is 0 Å². The Morgan fingerprint density at radius 3 is 2.88 bits per heavy atom. The Labute approximate surface area is 182 Å². The molecular formula is C19H15F2N5O5S. The minimum absolute atomic E-state index is 0.0548. The second-order valence-corrected chi connectivity index (χ2v) is 7.48. The number of hydrogen-bond acceptors (Lipinski definition) is 9. The van der Waals surface area contributed by atoms with E-state index < -0.39 is 24.8 Å². The van der Waals surface area contributed by atoms with Crippen LogP contribution in [0.2, 0.25) is 0 Å². The zero-order chi connectivity index (χ0) is 22.7. The summed E-state index contributed by atoms with van der Waals surface area (Å²) in [5, 5.41) is 12.9. The Kier molecular flexibility index (Phi) is 6.07. The second-order valence-electron chi connectivity index (χ2n) is 6.42. The number of hydrogen-bond donors (Lipinski definition) is 1. The van der Waals surface area contributed by atoms with Crippen LogP contribution >= 0.6 is 11.3 Å². The summed E-state index contributed by atoms with van der Waals surface area (Å²) in [7, 11) is 0. The first-order valence-corrected chi connectivity index (χ1v) is 10.0. The third-order valence-electron chi connectivity index (χ3n) is 4.17. The Hall–Kier alpha value is -3.87. The summed E-state index contributed by atoms with van der Waals surface area (Å²) in [5.74, 6) is -1.26. The van der Waals surface area contributed by atoms with E-state index in [0.29, 0.717) is 17.0 Å². The van der Waals surface area contributed by atoms with Crippen LogP contribution in [0.3, 0.4) is 0 Å². The first-order valence-electron chi connectivity index (χ1n) is 9.16. The van der Waals surface area contributed by atoms with E-state index in [1.54, 1.807) is 11.4 Å². The van der Waals surface area contributed by atoms with E-state index in [2.05, 4.69) is 25.3 Å².